The second-order valence-corrected chi connectivity index (χ2v) is 11.2. The zero-order chi connectivity index (χ0) is 28.3. The largest absolute Gasteiger partial charge is 0.507 e. The van der Waals surface area contributed by atoms with E-state index in [0.717, 1.165) is 42.4 Å². The predicted molar refractivity (Wildman–Crippen MR) is 157 cm³/mol. The van der Waals surface area contributed by atoms with Crippen molar-refractivity contribution in [3.05, 3.63) is 100 Å². The summed E-state index contributed by atoms with van der Waals surface area (Å²) in [6, 6.07) is 20.4. The van der Waals surface area contributed by atoms with Gasteiger partial charge in [-0.25, -0.2) is 0 Å². The van der Waals surface area contributed by atoms with E-state index in [9.17, 15) is 14.7 Å². The molecule has 1 heterocycles. The highest BCUT2D eigenvalue weighted by atomic mass is 16.5. The molecule has 3 aromatic rings. The number of aryl methyl sites for hydroxylation is 2. The van der Waals surface area contributed by atoms with E-state index in [1.165, 1.54) is 10.5 Å². The minimum Gasteiger partial charge on any atom is -0.507 e. The lowest BCUT2D eigenvalue weighted by atomic mass is 9.84. The van der Waals surface area contributed by atoms with E-state index in [1.807, 2.05) is 54.6 Å². The van der Waals surface area contributed by atoms with Crippen LogP contribution in [0.1, 0.15) is 81.3 Å². The molecule has 1 N–H and O–H groups in total. The number of aliphatic hydroxyl groups excluding tert-OH is 1. The first-order chi connectivity index (χ1) is 18.6. The molecule has 0 bridgehead atoms. The van der Waals surface area contributed by atoms with Gasteiger partial charge < -0.3 is 9.84 Å². The van der Waals surface area contributed by atoms with E-state index in [1.54, 1.807) is 19.2 Å². The molecule has 5 heteroatoms. The molecule has 0 aromatic heterocycles. The Kier molecular flexibility index (Phi) is 8.29. The van der Waals surface area contributed by atoms with Gasteiger partial charge >= 0.3 is 0 Å². The van der Waals surface area contributed by atoms with E-state index in [0.29, 0.717) is 17.0 Å². The maximum absolute atomic E-state index is 13.6. The maximum Gasteiger partial charge on any atom is 0.300 e. The summed E-state index contributed by atoms with van der Waals surface area (Å²) in [7, 11) is 1.61. The minimum absolute atomic E-state index is 0.0873. The number of ether oxygens (including phenoxy) is 1. The van der Waals surface area contributed by atoms with Crippen molar-refractivity contribution >= 4 is 23.1 Å². The molecule has 1 aliphatic heterocycles. The zero-order valence-corrected chi connectivity index (χ0v) is 23.9. The number of hydrogen-bond donors (Lipinski definition) is 1. The first kappa shape index (κ1) is 28.2. The summed E-state index contributed by atoms with van der Waals surface area (Å²) in [4.78, 5) is 28.7. The van der Waals surface area contributed by atoms with Crippen LogP contribution < -0.4 is 9.64 Å². The number of carbonyl (C=O) groups is 2. The number of unbranched alkanes of at least 4 members (excludes halogenated alkanes) is 1. The van der Waals surface area contributed by atoms with E-state index >= 15 is 0 Å². The van der Waals surface area contributed by atoms with Crippen LogP contribution in [0.2, 0.25) is 0 Å². The van der Waals surface area contributed by atoms with Crippen LogP contribution in [0.5, 0.6) is 5.75 Å². The van der Waals surface area contributed by atoms with E-state index < -0.39 is 17.7 Å². The third-order valence-electron chi connectivity index (χ3n) is 7.46. The summed E-state index contributed by atoms with van der Waals surface area (Å²) >= 11 is 0. The Morgan fingerprint density at radius 2 is 1.56 bits per heavy atom. The molecule has 1 fully saturated rings. The van der Waals surface area contributed by atoms with Crippen LogP contribution in [-0.4, -0.2) is 23.9 Å². The number of methoxy groups -OCH3 is 1. The van der Waals surface area contributed by atoms with Gasteiger partial charge in [-0.3, -0.25) is 14.5 Å². The molecule has 39 heavy (non-hydrogen) atoms. The second-order valence-electron chi connectivity index (χ2n) is 11.2. The lowest BCUT2D eigenvalue weighted by molar-refractivity contribution is -0.132. The van der Waals surface area contributed by atoms with Crippen molar-refractivity contribution in [2.45, 2.75) is 71.8 Å². The molecule has 0 saturated carbocycles. The quantitative estimate of drug-likeness (QED) is 0.188. The molecule has 1 atom stereocenters. The number of aliphatic hydroxyl groups is 1. The average molecular weight is 526 g/mol. The normalized spacial score (nSPS) is 17.1. The first-order valence-corrected chi connectivity index (χ1v) is 13.8. The molecule has 0 spiro atoms. The third kappa shape index (κ3) is 5.63. The fourth-order valence-corrected chi connectivity index (χ4v) is 5.15. The number of rotatable bonds is 8. The van der Waals surface area contributed by atoms with E-state index in [4.69, 9.17) is 4.74 Å². The number of anilines is 1. The highest BCUT2D eigenvalue weighted by molar-refractivity contribution is 6.51. The van der Waals surface area contributed by atoms with Crippen LogP contribution in [0.15, 0.2) is 72.3 Å². The Morgan fingerprint density at radius 3 is 2.13 bits per heavy atom. The van der Waals surface area contributed by atoms with Crippen molar-refractivity contribution in [2.24, 2.45) is 0 Å². The molecular formula is C34H39NO4. The third-order valence-corrected chi connectivity index (χ3v) is 7.46. The number of amides is 1. The Labute approximate surface area is 232 Å². The highest BCUT2D eigenvalue weighted by Crippen LogP contribution is 2.43. The molecule has 1 unspecified atom stereocenters. The van der Waals surface area contributed by atoms with Gasteiger partial charge in [0, 0.05) is 16.8 Å². The van der Waals surface area contributed by atoms with Crippen molar-refractivity contribution in [3.63, 3.8) is 0 Å². The summed E-state index contributed by atoms with van der Waals surface area (Å²) in [5, 5.41) is 11.6. The van der Waals surface area contributed by atoms with Gasteiger partial charge in [0.15, 0.2) is 0 Å². The summed E-state index contributed by atoms with van der Waals surface area (Å²) in [6.07, 6.45) is 4.03. The number of benzene rings is 3. The van der Waals surface area contributed by atoms with Gasteiger partial charge in [0.05, 0.1) is 18.7 Å². The SMILES string of the molecule is CCCCc1ccc(N2C(=O)C(=O)/C(=C(\O)c3ccc(OC)c(C(C)(C)C)c3)C2c2ccc(CC)cc2)cc1. The number of nitrogens with zero attached hydrogens (tertiary/aromatic N) is 1. The molecule has 1 amide bonds. The van der Waals surface area contributed by atoms with Crippen LogP contribution in [0.3, 0.4) is 0 Å². The molecule has 1 aliphatic rings. The lowest BCUT2D eigenvalue weighted by Crippen LogP contribution is -2.29. The van der Waals surface area contributed by atoms with Gasteiger partial charge in [0.1, 0.15) is 11.5 Å². The summed E-state index contributed by atoms with van der Waals surface area (Å²) < 4.78 is 5.56. The monoisotopic (exact) mass is 525 g/mol. The zero-order valence-electron chi connectivity index (χ0n) is 23.9. The topological polar surface area (TPSA) is 66.8 Å². The van der Waals surface area contributed by atoms with Crippen LogP contribution >= 0.6 is 0 Å². The summed E-state index contributed by atoms with van der Waals surface area (Å²) in [6.45, 7) is 10.4. The van der Waals surface area contributed by atoms with Crippen LogP contribution in [0.4, 0.5) is 5.69 Å². The molecule has 0 radical (unpaired) electrons. The standard InChI is InChI=1S/C34H39NO4/c1-7-9-10-23-13-18-26(19-14-23)35-30(24-15-11-22(8-2)12-16-24)29(32(37)33(35)38)31(36)25-17-20-28(39-6)27(21-25)34(3,4)5/h11-21,30,36H,7-10H2,1-6H3/b31-29-. The average Bonchev–Trinajstić information content (AvgIpc) is 3.20. The second kappa shape index (κ2) is 11.5. The Balaban J connectivity index is 1.89. The van der Waals surface area contributed by atoms with E-state index in [2.05, 4.69) is 34.6 Å². The molecule has 4 rings (SSSR count). The van der Waals surface area contributed by atoms with Crippen LogP contribution in [0, 0.1) is 0 Å². The number of hydrogen-bond acceptors (Lipinski definition) is 4. The number of Topliss-reactive ketones (excluding diaryl/α,β-unsaturated/α-hetero) is 1. The van der Waals surface area contributed by atoms with Crippen molar-refractivity contribution in [2.75, 3.05) is 12.0 Å². The van der Waals surface area contributed by atoms with E-state index in [-0.39, 0.29) is 16.7 Å². The molecule has 3 aromatic carbocycles. The Hall–Kier alpha value is -3.86. The molecule has 0 aliphatic carbocycles. The van der Waals surface area contributed by atoms with Gasteiger partial charge in [-0.15, -0.1) is 0 Å². The summed E-state index contributed by atoms with van der Waals surface area (Å²) in [5.41, 5.74) is 4.94. The predicted octanol–water partition coefficient (Wildman–Crippen LogP) is 7.52. The summed E-state index contributed by atoms with van der Waals surface area (Å²) in [5.74, 6) is -0.824. The van der Waals surface area contributed by atoms with Crippen molar-refractivity contribution < 1.29 is 19.4 Å². The van der Waals surface area contributed by atoms with Gasteiger partial charge in [-0.1, -0.05) is 77.4 Å². The van der Waals surface area contributed by atoms with Gasteiger partial charge in [0.25, 0.3) is 11.7 Å². The Morgan fingerprint density at radius 1 is 0.923 bits per heavy atom. The fourth-order valence-electron chi connectivity index (χ4n) is 5.15. The maximum atomic E-state index is 13.6. The first-order valence-electron chi connectivity index (χ1n) is 13.8. The Bertz CT molecular complexity index is 1380. The molecule has 204 valence electrons. The molecule has 1 saturated heterocycles. The van der Waals surface area contributed by atoms with Crippen LogP contribution in [0.25, 0.3) is 5.76 Å². The van der Waals surface area contributed by atoms with Crippen LogP contribution in [-0.2, 0) is 27.8 Å². The number of ketones is 1. The lowest BCUT2D eigenvalue weighted by Gasteiger charge is -2.26. The fraction of sp³-hybridized carbons (Fsp3) is 0.353. The van der Waals surface area contributed by atoms with Crippen molar-refractivity contribution in [3.8, 4) is 5.75 Å². The van der Waals surface area contributed by atoms with Crippen molar-refractivity contribution in [1.29, 1.82) is 0 Å². The van der Waals surface area contributed by atoms with Gasteiger partial charge in [0.2, 0.25) is 0 Å². The van der Waals surface area contributed by atoms with Crippen molar-refractivity contribution in [1.82, 2.24) is 0 Å². The number of carbonyl (C=O) groups excluding carboxylic acids is 2. The van der Waals surface area contributed by atoms with Gasteiger partial charge in [-0.05, 0) is 71.7 Å². The highest BCUT2D eigenvalue weighted by Gasteiger charge is 2.47. The smallest absolute Gasteiger partial charge is 0.300 e. The molecular weight excluding hydrogens is 486 g/mol. The van der Waals surface area contributed by atoms with Gasteiger partial charge in [-0.2, -0.15) is 0 Å². The molecule has 5 nitrogen and oxygen atoms in total. The minimum atomic E-state index is -0.752.